The van der Waals surface area contributed by atoms with E-state index in [2.05, 4.69) is 9.92 Å². The molecule has 88 valence electrons. The highest BCUT2D eigenvalue weighted by molar-refractivity contribution is 7.84. The first kappa shape index (κ1) is 12.3. The van der Waals surface area contributed by atoms with Crippen LogP contribution in [0.25, 0.3) is 0 Å². The van der Waals surface area contributed by atoms with Crippen molar-refractivity contribution < 1.29 is 17.4 Å². The highest BCUT2D eigenvalue weighted by atomic mass is 32.2. The van der Waals surface area contributed by atoms with E-state index in [-0.39, 0.29) is 6.04 Å². The zero-order chi connectivity index (χ0) is 11.5. The number of rotatable bonds is 3. The third-order valence-electron chi connectivity index (χ3n) is 2.63. The maximum Gasteiger partial charge on any atom is 0.421 e. The number of hydrogen-bond donors (Lipinski definition) is 1. The van der Waals surface area contributed by atoms with Gasteiger partial charge in [0.25, 0.3) is 0 Å². The molecule has 2 N–H and O–H groups in total. The van der Waals surface area contributed by atoms with Gasteiger partial charge < -0.3 is 9.92 Å². The van der Waals surface area contributed by atoms with Crippen molar-refractivity contribution in [3.05, 3.63) is 0 Å². The van der Waals surface area contributed by atoms with E-state index in [9.17, 15) is 13.2 Å². The first-order valence-corrected chi connectivity index (χ1v) is 6.27. The standard InChI is InChI=1S/C8H16N2O4S/c1-10(7-5-3-2-4-6-7)15(12,13)14-8(9)11/h7H,2-6H2,1H3,(H2,9,11). The van der Waals surface area contributed by atoms with Crippen molar-refractivity contribution in [3.63, 3.8) is 0 Å². The number of amides is 1. The lowest BCUT2D eigenvalue weighted by molar-refractivity contribution is 0.200. The predicted octanol–water partition coefficient (Wildman–Crippen LogP) is 0.591. The summed E-state index contributed by atoms with van der Waals surface area (Å²) in [5.41, 5.74) is 4.68. The number of carbonyl (C=O) groups excluding carboxylic acids is 1. The second-order valence-corrected chi connectivity index (χ2v) is 5.27. The Morgan fingerprint density at radius 3 is 2.33 bits per heavy atom. The van der Waals surface area contributed by atoms with Gasteiger partial charge in [0.15, 0.2) is 0 Å². The lowest BCUT2D eigenvalue weighted by Crippen LogP contribution is -2.40. The Labute approximate surface area is 89.6 Å². The molecule has 15 heavy (non-hydrogen) atoms. The first-order valence-electron chi connectivity index (χ1n) is 4.90. The van der Waals surface area contributed by atoms with E-state index in [1.165, 1.54) is 7.05 Å². The van der Waals surface area contributed by atoms with Crippen LogP contribution in [-0.2, 0) is 14.5 Å². The van der Waals surface area contributed by atoms with Gasteiger partial charge in [-0.25, -0.2) is 4.79 Å². The highest BCUT2D eigenvalue weighted by Gasteiger charge is 2.29. The van der Waals surface area contributed by atoms with Crippen molar-refractivity contribution in [2.24, 2.45) is 5.73 Å². The quantitative estimate of drug-likeness (QED) is 0.776. The summed E-state index contributed by atoms with van der Waals surface area (Å²) in [6.45, 7) is 0. The normalized spacial score (nSPS) is 19.1. The molecule has 0 aromatic carbocycles. The molecule has 0 saturated heterocycles. The summed E-state index contributed by atoms with van der Waals surface area (Å²) in [6.07, 6.45) is 3.44. The zero-order valence-corrected chi connectivity index (χ0v) is 9.50. The van der Waals surface area contributed by atoms with Crippen LogP contribution in [0.3, 0.4) is 0 Å². The summed E-state index contributed by atoms with van der Waals surface area (Å²) >= 11 is 0. The van der Waals surface area contributed by atoms with E-state index in [0.29, 0.717) is 0 Å². The Morgan fingerprint density at radius 1 is 1.33 bits per heavy atom. The molecule has 1 aliphatic carbocycles. The Hall–Kier alpha value is -0.820. The molecule has 0 unspecified atom stereocenters. The Balaban J connectivity index is 2.65. The zero-order valence-electron chi connectivity index (χ0n) is 8.68. The van der Waals surface area contributed by atoms with Crippen molar-refractivity contribution >= 4 is 16.4 Å². The Kier molecular flexibility index (Phi) is 3.92. The van der Waals surface area contributed by atoms with Crippen LogP contribution in [0.15, 0.2) is 0 Å². The molecule has 0 atom stereocenters. The summed E-state index contributed by atoms with van der Waals surface area (Å²) in [7, 11) is -2.59. The van der Waals surface area contributed by atoms with Crippen molar-refractivity contribution in [3.8, 4) is 0 Å². The SMILES string of the molecule is CN(C1CCCCC1)S(=O)(=O)OC(N)=O. The largest absolute Gasteiger partial charge is 0.421 e. The number of hydrogen-bond acceptors (Lipinski definition) is 4. The topological polar surface area (TPSA) is 89.7 Å². The van der Waals surface area contributed by atoms with Gasteiger partial charge in [-0.3, -0.25) is 0 Å². The minimum Gasteiger partial charge on any atom is -0.334 e. The molecule has 0 bridgehead atoms. The van der Waals surface area contributed by atoms with E-state index >= 15 is 0 Å². The molecule has 1 amide bonds. The van der Waals surface area contributed by atoms with Crippen LogP contribution in [0.5, 0.6) is 0 Å². The van der Waals surface area contributed by atoms with E-state index in [1.807, 2.05) is 0 Å². The average molecular weight is 236 g/mol. The van der Waals surface area contributed by atoms with Crippen LogP contribution in [0.2, 0.25) is 0 Å². The van der Waals surface area contributed by atoms with Crippen LogP contribution < -0.4 is 5.73 Å². The fraction of sp³-hybridized carbons (Fsp3) is 0.875. The molecular weight excluding hydrogens is 220 g/mol. The van der Waals surface area contributed by atoms with Crippen LogP contribution in [0.4, 0.5) is 4.79 Å². The second-order valence-electron chi connectivity index (χ2n) is 3.67. The predicted molar refractivity (Wildman–Crippen MR) is 54.2 cm³/mol. The van der Waals surface area contributed by atoms with Crippen LogP contribution in [-0.4, -0.2) is 31.9 Å². The van der Waals surface area contributed by atoms with Gasteiger partial charge in [-0.15, -0.1) is 0 Å². The van der Waals surface area contributed by atoms with E-state index < -0.39 is 16.4 Å². The monoisotopic (exact) mass is 236 g/mol. The third-order valence-corrected chi connectivity index (χ3v) is 4.01. The minimum absolute atomic E-state index is 0.0805. The van der Waals surface area contributed by atoms with Crippen molar-refractivity contribution in [1.29, 1.82) is 0 Å². The van der Waals surface area contributed by atoms with Gasteiger partial charge in [0, 0.05) is 13.1 Å². The molecule has 0 aliphatic heterocycles. The van der Waals surface area contributed by atoms with Crippen molar-refractivity contribution in [2.45, 2.75) is 38.1 Å². The van der Waals surface area contributed by atoms with Gasteiger partial charge in [-0.1, -0.05) is 19.3 Å². The van der Waals surface area contributed by atoms with Crippen molar-refractivity contribution in [1.82, 2.24) is 4.31 Å². The van der Waals surface area contributed by atoms with Gasteiger partial charge in [-0.2, -0.15) is 12.7 Å². The number of nitrogens with two attached hydrogens (primary N) is 1. The third kappa shape index (κ3) is 3.35. The lowest BCUT2D eigenvalue weighted by atomic mass is 9.96. The smallest absolute Gasteiger partial charge is 0.334 e. The van der Waals surface area contributed by atoms with Crippen molar-refractivity contribution in [2.75, 3.05) is 7.05 Å². The number of carbonyl (C=O) groups is 1. The van der Waals surface area contributed by atoms with Crippen LogP contribution in [0.1, 0.15) is 32.1 Å². The summed E-state index contributed by atoms with van der Waals surface area (Å²) in [6, 6.07) is -0.0805. The van der Waals surface area contributed by atoms with Gasteiger partial charge in [0.1, 0.15) is 0 Å². The summed E-state index contributed by atoms with van der Waals surface area (Å²) < 4.78 is 28.1. The van der Waals surface area contributed by atoms with Crippen LogP contribution >= 0.6 is 0 Å². The molecule has 1 rings (SSSR count). The number of primary amides is 1. The second kappa shape index (κ2) is 4.80. The van der Waals surface area contributed by atoms with E-state index in [1.54, 1.807) is 0 Å². The highest BCUT2D eigenvalue weighted by Crippen LogP contribution is 2.23. The first-order chi connectivity index (χ1) is 6.93. The lowest BCUT2D eigenvalue weighted by Gasteiger charge is -2.28. The van der Waals surface area contributed by atoms with Gasteiger partial charge in [-0.05, 0) is 12.8 Å². The molecule has 1 aliphatic rings. The van der Waals surface area contributed by atoms with Gasteiger partial charge >= 0.3 is 16.4 Å². The summed E-state index contributed by atoms with van der Waals surface area (Å²) in [5, 5.41) is 0. The average Bonchev–Trinajstić information content (AvgIpc) is 2.16. The molecule has 0 aromatic heterocycles. The molecule has 0 heterocycles. The maximum atomic E-state index is 11.4. The molecular formula is C8H16N2O4S. The van der Waals surface area contributed by atoms with Crippen LogP contribution in [0, 0.1) is 0 Å². The summed E-state index contributed by atoms with van der Waals surface area (Å²) in [5.74, 6) is 0. The molecule has 1 fully saturated rings. The molecule has 0 spiro atoms. The Bertz CT molecular complexity index is 322. The molecule has 0 aromatic rings. The maximum absolute atomic E-state index is 11.4. The van der Waals surface area contributed by atoms with E-state index in [0.717, 1.165) is 36.4 Å². The molecule has 0 radical (unpaired) electrons. The molecule has 6 nitrogen and oxygen atoms in total. The van der Waals surface area contributed by atoms with Gasteiger partial charge in [0.05, 0.1) is 0 Å². The van der Waals surface area contributed by atoms with Gasteiger partial charge in [0.2, 0.25) is 0 Å². The molecule has 1 saturated carbocycles. The van der Waals surface area contributed by atoms with E-state index in [4.69, 9.17) is 0 Å². The summed E-state index contributed by atoms with van der Waals surface area (Å²) in [4.78, 5) is 10.4. The Morgan fingerprint density at radius 2 is 1.87 bits per heavy atom. The molecule has 7 heteroatoms. The number of nitrogens with zero attached hydrogens (tertiary/aromatic N) is 1. The fourth-order valence-corrected chi connectivity index (χ4v) is 2.69. The minimum atomic E-state index is -4.00. The fourth-order valence-electron chi connectivity index (χ4n) is 1.79.